The van der Waals surface area contributed by atoms with Gasteiger partial charge in [-0.1, -0.05) is 67.8 Å². The molecule has 0 atom stereocenters. The summed E-state index contributed by atoms with van der Waals surface area (Å²) >= 11 is 0. The maximum atomic E-state index is 6.19. The van der Waals surface area contributed by atoms with Crippen molar-refractivity contribution in [1.29, 1.82) is 0 Å². The van der Waals surface area contributed by atoms with Gasteiger partial charge in [0.1, 0.15) is 11.5 Å². The number of rotatable bonds is 6. The largest absolute Gasteiger partial charge is 0.473 e. The molecule has 0 amide bonds. The van der Waals surface area contributed by atoms with E-state index in [0.717, 1.165) is 37.4 Å². The molecule has 4 aromatic carbocycles. The summed E-state index contributed by atoms with van der Waals surface area (Å²) in [6.45, 7) is 11.8. The molecule has 200 valence electrons. The third kappa shape index (κ3) is 4.96. The second kappa shape index (κ2) is 10.3. The first-order chi connectivity index (χ1) is 18.9. The average Bonchev–Trinajstić information content (AvgIpc) is 2.97. The highest BCUT2D eigenvalue weighted by Crippen LogP contribution is 2.42. The minimum Gasteiger partial charge on any atom is -0.473 e. The summed E-state index contributed by atoms with van der Waals surface area (Å²) in [4.78, 5) is 4.61. The number of nitrogens with zero attached hydrogens (tertiary/aromatic N) is 2. The topological polar surface area (TPSA) is 24.9 Å². The van der Waals surface area contributed by atoms with Crippen molar-refractivity contribution in [3.05, 3.63) is 118 Å². The number of benzene rings is 4. The van der Waals surface area contributed by atoms with Gasteiger partial charge in [0.05, 0.1) is 0 Å². The monoisotopic (exact) mass is 518 g/mol. The van der Waals surface area contributed by atoms with Crippen LogP contribution in [0.4, 0.5) is 11.4 Å². The Kier molecular flexibility index (Phi) is 6.72. The normalized spacial score (nSPS) is 14.8. The van der Waals surface area contributed by atoms with E-state index >= 15 is 0 Å². The predicted molar refractivity (Wildman–Crippen MR) is 160 cm³/mol. The van der Waals surface area contributed by atoms with Crippen LogP contribution in [0.15, 0.2) is 84.9 Å². The summed E-state index contributed by atoms with van der Waals surface area (Å²) in [5.41, 5.74) is 9.98. The molecule has 0 spiro atoms. The van der Waals surface area contributed by atoms with Crippen LogP contribution in [0.25, 0.3) is 0 Å². The summed E-state index contributed by atoms with van der Waals surface area (Å²) in [5.74, 6) is 1.99. The van der Waals surface area contributed by atoms with Gasteiger partial charge in [-0.05, 0) is 79.9 Å². The maximum absolute atomic E-state index is 6.19. The molecule has 0 bridgehead atoms. The van der Waals surface area contributed by atoms with Crippen molar-refractivity contribution >= 4 is 11.4 Å². The van der Waals surface area contributed by atoms with Crippen molar-refractivity contribution in [2.45, 2.75) is 59.0 Å². The molecule has 4 aromatic rings. The van der Waals surface area contributed by atoms with Crippen LogP contribution in [0.2, 0.25) is 0 Å². The summed E-state index contributed by atoms with van der Waals surface area (Å²) in [6, 6.07) is 31.0. The zero-order valence-electron chi connectivity index (χ0n) is 23.5. The molecule has 2 aliphatic heterocycles. The fraction of sp³-hybridized carbons (Fsp3) is 0.314. The Morgan fingerprint density at radius 2 is 1.08 bits per heavy atom. The molecule has 2 aliphatic rings. The van der Waals surface area contributed by atoms with Crippen LogP contribution < -0.4 is 19.3 Å². The Bertz CT molecular complexity index is 1350. The number of aryl methyl sites for hydroxylation is 2. The van der Waals surface area contributed by atoms with Gasteiger partial charge in [0.15, 0.2) is 13.5 Å². The molecule has 0 aromatic heterocycles. The van der Waals surface area contributed by atoms with Gasteiger partial charge in [0.2, 0.25) is 0 Å². The first-order valence-electron chi connectivity index (χ1n) is 14.1. The van der Waals surface area contributed by atoms with E-state index in [9.17, 15) is 0 Å². The summed E-state index contributed by atoms with van der Waals surface area (Å²) in [6.07, 6.45) is 2.16. The van der Waals surface area contributed by atoms with Crippen molar-refractivity contribution in [2.75, 3.05) is 23.3 Å². The van der Waals surface area contributed by atoms with Crippen LogP contribution in [0.1, 0.15) is 60.1 Å². The lowest BCUT2D eigenvalue weighted by atomic mass is 9.72. The second-order valence-electron chi connectivity index (χ2n) is 11.3. The smallest absolute Gasteiger partial charge is 0.161 e. The van der Waals surface area contributed by atoms with Crippen molar-refractivity contribution < 1.29 is 9.47 Å². The molecule has 39 heavy (non-hydrogen) atoms. The highest BCUT2D eigenvalue weighted by atomic mass is 16.5. The fourth-order valence-corrected chi connectivity index (χ4v) is 5.97. The average molecular weight is 519 g/mol. The van der Waals surface area contributed by atoms with Crippen LogP contribution in [-0.4, -0.2) is 13.5 Å². The van der Waals surface area contributed by atoms with Gasteiger partial charge in [0, 0.05) is 41.0 Å². The van der Waals surface area contributed by atoms with Gasteiger partial charge >= 0.3 is 0 Å². The highest BCUT2D eigenvalue weighted by Gasteiger charge is 2.31. The number of fused-ring (bicyclic) bond motifs is 2. The van der Waals surface area contributed by atoms with Crippen LogP contribution in [-0.2, 0) is 18.5 Å². The molecule has 0 saturated carbocycles. The van der Waals surface area contributed by atoms with E-state index in [2.05, 4.69) is 122 Å². The van der Waals surface area contributed by atoms with Gasteiger partial charge in [0.25, 0.3) is 0 Å². The third-order valence-electron chi connectivity index (χ3n) is 8.42. The standard InChI is InChI=1S/C35H38N2O2/c1-5-18-35(4,29-10-16-33-27(19-29)21-36(23-38-33)31-12-6-25(2)7-13-31)30-11-17-34-28(20-30)22-37(24-39-34)32-14-8-26(3)9-15-32/h6-17,19-20H,5,18,21-24H2,1-4H3. The highest BCUT2D eigenvalue weighted by molar-refractivity contribution is 5.55. The lowest BCUT2D eigenvalue weighted by molar-refractivity contribution is 0.288. The Morgan fingerprint density at radius 1 is 0.641 bits per heavy atom. The van der Waals surface area contributed by atoms with Crippen LogP contribution in [0.5, 0.6) is 11.5 Å². The first-order valence-corrected chi connectivity index (χ1v) is 14.1. The van der Waals surface area contributed by atoms with Gasteiger partial charge in [-0.15, -0.1) is 0 Å². The molecule has 0 saturated heterocycles. The maximum Gasteiger partial charge on any atom is 0.161 e. The number of hydrogen-bond acceptors (Lipinski definition) is 4. The summed E-state index contributed by atoms with van der Waals surface area (Å²) in [5, 5.41) is 0. The molecule has 4 heteroatoms. The van der Waals surface area contributed by atoms with E-state index in [4.69, 9.17) is 9.47 Å². The first kappa shape index (κ1) is 25.4. The van der Waals surface area contributed by atoms with Crippen LogP contribution in [0.3, 0.4) is 0 Å². The second-order valence-corrected chi connectivity index (χ2v) is 11.3. The van der Waals surface area contributed by atoms with Gasteiger partial charge in [-0.25, -0.2) is 0 Å². The summed E-state index contributed by atoms with van der Waals surface area (Å²) in [7, 11) is 0. The van der Waals surface area contributed by atoms with Crippen molar-refractivity contribution in [2.24, 2.45) is 0 Å². The van der Waals surface area contributed by atoms with E-state index in [0.29, 0.717) is 13.5 Å². The molecule has 0 unspecified atom stereocenters. The van der Waals surface area contributed by atoms with E-state index in [-0.39, 0.29) is 5.41 Å². The van der Waals surface area contributed by atoms with E-state index in [1.165, 1.54) is 44.8 Å². The molecule has 4 nitrogen and oxygen atoms in total. The van der Waals surface area contributed by atoms with E-state index in [1.807, 2.05) is 0 Å². The van der Waals surface area contributed by atoms with Crippen molar-refractivity contribution in [1.82, 2.24) is 0 Å². The van der Waals surface area contributed by atoms with Crippen molar-refractivity contribution in [3.63, 3.8) is 0 Å². The Morgan fingerprint density at radius 3 is 1.49 bits per heavy atom. The minimum absolute atomic E-state index is 0.114. The molecule has 6 rings (SSSR count). The van der Waals surface area contributed by atoms with Gasteiger partial charge in [-0.3, -0.25) is 0 Å². The Labute approximate surface area is 232 Å². The minimum atomic E-state index is -0.114. The lowest BCUT2D eigenvalue weighted by Gasteiger charge is -2.36. The number of hydrogen-bond donors (Lipinski definition) is 0. The van der Waals surface area contributed by atoms with E-state index < -0.39 is 0 Å². The third-order valence-corrected chi connectivity index (χ3v) is 8.42. The van der Waals surface area contributed by atoms with Crippen molar-refractivity contribution in [3.8, 4) is 11.5 Å². The van der Waals surface area contributed by atoms with Crippen LogP contribution >= 0.6 is 0 Å². The SMILES string of the molecule is CCCC(C)(c1ccc2c(c1)CN(c1ccc(C)cc1)CO2)c1ccc2c(c1)CN(c1ccc(C)cc1)CO2. The fourth-order valence-electron chi connectivity index (χ4n) is 5.97. The number of ether oxygens (including phenoxy) is 2. The van der Waals surface area contributed by atoms with E-state index in [1.54, 1.807) is 0 Å². The number of anilines is 2. The molecule has 0 aliphatic carbocycles. The molecule has 0 radical (unpaired) electrons. The lowest BCUT2D eigenvalue weighted by Crippen LogP contribution is -2.33. The molecular weight excluding hydrogens is 480 g/mol. The molecule has 0 fully saturated rings. The molecule has 2 heterocycles. The van der Waals surface area contributed by atoms with Gasteiger partial charge in [-0.2, -0.15) is 0 Å². The Balaban J connectivity index is 1.30. The Hall–Kier alpha value is -3.92. The zero-order valence-corrected chi connectivity index (χ0v) is 23.5. The quantitative estimate of drug-likeness (QED) is 0.257. The predicted octanol–water partition coefficient (Wildman–Crippen LogP) is 8.12. The summed E-state index contributed by atoms with van der Waals surface area (Å²) < 4.78 is 12.4. The molecular formula is C35H38N2O2. The van der Waals surface area contributed by atoms with Gasteiger partial charge < -0.3 is 19.3 Å². The molecule has 0 N–H and O–H groups in total. The zero-order chi connectivity index (χ0) is 27.0. The van der Waals surface area contributed by atoms with Crippen LogP contribution in [0, 0.1) is 13.8 Å².